The summed E-state index contributed by atoms with van der Waals surface area (Å²) in [4.78, 5) is 11.7. The number of H-pyrrole nitrogens is 1. The molecule has 0 aliphatic carbocycles. The van der Waals surface area contributed by atoms with Crippen LogP contribution in [0.2, 0.25) is 0 Å². The van der Waals surface area contributed by atoms with Crippen molar-refractivity contribution in [3.05, 3.63) is 30.5 Å². The van der Waals surface area contributed by atoms with Crippen LogP contribution in [-0.2, 0) is 14.8 Å². The van der Waals surface area contributed by atoms with E-state index in [9.17, 15) is 8.42 Å². The van der Waals surface area contributed by atoms with Gasteiger partial charge in [-0.15, -0.1) is 11.3 Å². The third-order valence-electron chi connectivity index (χ3n) is 4.90. The third-order valence-corrected chi connectivity index (χ3v) is 7.91. The minimum atomic E-state index is -3.57. The van der Waals surface area contributed by atoms with Crippen molar-refractivity contribution in [3.8, 4) is 11.4 Å². The highest BCUT2D eigenvalue weighted by molar-refractivity contribution is 7.91. The molecule has 0 unspecified atom stereocenters. The number of thiophene rings is 1. The van der Waals surface area contributed by atoms with Crippen molar-refractivity contribution in [2.75, 3.05) is 38.3 Å². The van der Waals surface area contributed by atoms with Crippen molar-refractivity contribution >= 4 is 48.3 Å². The highest BCUT2D eigenvalue weighted by Crippen LogP contribution is 2.37. The predicted molar refractivity (Wildman–Crippen MR) is 112 cm³/mol. The van der Waals surface area contributed by atoms with Gasteiger partial charge in [-0.2, -0.15) is 5.10 Å². The average molecular weight is 431 g/mol. The molecule has 11 heteroatoms. The second kappa shape index (κ2) is 7.02. The molecule has 5 rings (SSSR count). The molecule has 0 saturated carbocycles. The smallest absolute Gasteiger partial charge is 0.249 e. The largest absolute Gasteiger partial charge is 0.378 e. The zero-order valence-corrected chi connectivity index (χ0v) is 17.2. The summed E-state index contributed by atoms with van der Waals surface area (Å²) < 4.78 is 33.5. The van der Waals surface area contributed by atoms with Gasteiger partial charge in [0.15, 0.2) is 11.6 Å². The summed E-state index contributed by atoms with van der Waals surface area (Å²) in [5.74, 6) is 1.27. The first-order valence-electron chi connectivity index (χ1n) is 9.07. The molecule has 9 nitrogen and oxygen atoms in total. The van der Waals surface area contributed by atoms with Crippen LogP contribution in [0.3, 0.4) is 0 Å². The van der Waals surface area contributed by atoms with Gasteiger partial charge in [-0.05, 0) is 19.2 Å². The van der Waals surface area contributed by atoms with Gasteiger partial charge in [-0.3, -0.25) is 5.10 Å². The number of nitrogens with zero attached hydrogens (tertiary/aromatic N) is 4. The van der Waals surface area contributed by atoms with Crippen molar-refractivity contribution in [2.45, 2.75) is 4.21 Å². The van der Waals surface area contributed by atoms with E-state index in [2.05, 4.69) is 19.8 Å². The number of hydrogen-bond acceptors (Lipinski definition) is 8. The van der Waals surface area contributed by atoms with Crippen molar-refractivity contribution in [1.82, 2.24) is 24.9 Å². The average Bonchev–Trinajstić information content (AvgIpc) is 3.40. The normalized spacial score (nSPS) is 15.4. The summed E-state index contributed by atoms with van der Waals surface area (Å²) >= 11 is 1.18. The number of morpholine rings is 1. The maximum absolute atomic E-state index is 12.4. The minimum Gasteiger partial charge on any atom is -0.378 e. The number of rotatable bonds is 4. The zero-order chi connectivity index (χ0) is 20.0. The number of fused-ring (bicyclic) bond motifs is 2. The van der Waals surface area contributed by atoms with Crippen LogP contribution in [0.15, 0.2) is 34.7 Å². The number of benzene rings is 1. The maximum atomic E-state index is 12.4. The number of aromatic nitrogens is 4. The third kappa shape index (κ3) is 3.15. The fraction of sp³-hybridized carbons (Fsp3) is 0.278. The Balaban J connectivity index is 1.76. The first-order chi connectivity index (χ1) is 14.1. The molecule has 0 spiro atoms. The van der Waals surface area contributed by atoms with E-state index in [0.717, 1.165) is 27.0 Å². The van der Waals surface area contributed by atoms with Gasteiger partial charge in [0.05, 0.1) is 35.1 Å². The fourth-order valence-corrected chi connectivity index (χ4v) is 5.65. The molecule has 1 aliphatic heterocycles. The molecular weight excluding hydrogens is 412 g/mol. The number of ether oxygens (including phenoxy) is 1. The molecule has 1 saturated heterocycles. The summed E-state index contributed by atoms with van der Waals surface area (Å²) in [6, 6.07) is 7.41. The van der Waals surface area contributed by atoms with Crippen LogP contribution < -0.4 is 9.62 Å². The van der Waals surface area contributed by atoms with E-state index in [1.54, 1.807) is 12.3 Å². The van der Waals surface area contributed by atoms with Crippen LogP contribution in [0.4, 0.5) is 5.82 Å². The quantitative estimate of drug-likeness (QED) is 0.509. The Labute approximate surface area is 170 Å². The summed E-state index contributed by atoms with van der Waals surface area (Å²) in [5, 5.41) is 7.99. The molecule has 0 atom stereocenters. The van der Waals surface area contributed by atoms with Gasteiger partial charge in [0.1, 0.15) is 4.21 Å². The molecule has 3 aromatic heterocycles. The molecule has 2 N–H and O–H groups in total. The van der Waals surface area contributed by atoms with Crippen LogP contribution in [0.1, 0.15) is 0 Å². The van der Waals surface area contributed by atoms with Crippen LogP contribution in [0, 0.1) is 0 Å². The van der Waals surface area contributed by atoms with Crippen LogP contribution >= 0.6 is 11.3 Å². The van der Waals surface area contributed by atoms with Crippen LogP contribution in [0.5, 0.6) is 0 Å². The molecule has 150 valence electrons. The van der Waals surface area contributed by atoms with Gasteiger partial charge >= 0.3 is 0 Å². The van der Waals surface area contributed by atoms with Crippen molar-refractivity contribution < 1.29 is 13.2 Å². The molecular formula is C18H18N6O3S2. The summed E-state index contributed by atoms with van der Waals surface area (Å²) in [5.41, 5.74) is 2.34. The summed E-state index contributed by atoms with van der Waals surface area (Å²) in [6.07, 6.45) is 1.75. The highest BCUT2D eigenvalue weighted by atomic mass is 32.2. The summed E-state index contributed by atoms with van der Waals surface area (Å²) in [7, 11) is -2.17. The van der Waals surface area contributed by atoms with E-state index < -0.39 is 10.0 Å². The first kappa shape index (κ1) is 18.4. The fourth-order valence-electron chi connectivity index (χ4n) is 3.40. The van der Waals surface area contributed by atoms with Crippen LogP contribution in [0.25, 0.3) is 32.5 Å². The van der Waals surface area contributed by atoms with E-state index in [0.29, 0.717) is 37.6 Å². The number of nitrogens with one attached hydrogen (secondary N) is 2. The van der Waals surface area contributed by atoms with Crippen molar-refractivity contribution in [1.29, 1.82) is 0 Å². The van der Waals surface area contributed by atoms with Gasteiger partial charge < -0.3 is 9.64 Å². The zero-order valence-electron chi connectivity index (χ0n) is 15.5. The predicted octanol–water partition coefficient (Wildman–Crippen LogP) is 1.98. The number of sulfonamides is 1. The summed E-state index contributed by atoms with van der Waals surface area (Å²) in [6.45, 7) is 2.58. The van der Waals surface area contributed by atoms with E-state index in [1.165, 1.54) is 18.4 Å². The Morgan fingerprint density at radius 3 is 2.86 bits per heavy atom. The Kier molecular flexibility index (Phi) is 4.46. The topological polar surface area (TPSA) is 113 Å². The number of anilines is 1. The van der Waals surface area contributed by atoms with Gasteiger partial charge in [0, 0.05) is 24.0 Å². The molecule has 0 amide bonds. The van der Waals surface area contributed by atoms with Crippen LogP contribution in [-0.4, -0.2) is 61.9 Å². The second-order valence-corrected chi connectivity index (χ2v) is 9.76. The first-order valence-corrected chi connectivity index (χ1v) is 11.4. The number of aromatic amines is 1. The molecule has 1 aromatic carbocycles. The van der Waals surface area contributed by atoms with E-state index in [1.807, 2.05) is 18.2 Å². The molecule has 0 bridgehead atoms. The number of hydrogen-bond donors (Lipinski definition) is 2. The minimum absolute atomic E-state index is 0.220. The molecule has 0 radical (unpaired) electrons. The maximum Gasteiger partial charge on any atom is 0.249 e. The van der Waals surface area contributed by atoms with E-state index in [-0.39, 0.29) is 4.21 Å². The lowest BCUT2D eigenvalue weighted by molar-refractivity contribution is 0.122. The van der Waals surface area contributed by atoms with E-state index >= 15 is 0 Å². The van der Waals surface area contributed by atoms with Crippen molar-refractivity contribution in [2.24, 2.45) is 0 Å². The SMILES string of the molecule is CNS(=O)(=O)c1cc2nc(-c3cccc4[nH]ncc34)nc(N3CCOCC3)c2s1. The molecule has 1 fully saturated rings. The van der Waals surface area contributed by atoms with Crippen molar-refractivity contribution in [3.63, 3.8) is 0 Å². The lowest BCUT2D eigenvalue weighted by atomic mass is 10.1. The molecule has 4 aromatic rings. The second-order valence-electron chi connectivity index (χ2n) is 6.59. The van der Waals surface area contributed by atoms with Gasteiger partial charge in [-0.25, -0.2) is 23.1 Å². The Hall–Kier alpha value is -2.60. The highest BCUT2D eigenvalue weighted by Gasteiger charge is 2.24. The lowest BCUT2D eigenvalue weighted by Crippen LogP contribution is -2.36. The molecule has 1 aliphatic rings. The Bertz CT molecular complexity index is 1310. The lowest BCUT2D eigenvalue weighted by Gasteiger charge is -2.28. The van der Waals surface area contributed by atoms with Gasteiger partial charge in [0.2, 0.25) is 10.0 Å². The Morgan fingerprint density at radius 1 is 1.24 bits per heavy atom. The van der Waals surface area contributed by atoms with Gasteiger partial charge in [0.25, 0.3) is 0 Å². The monoisotopic (exact) mass is 430 g/mol. The Morgan fingerprint density at radius 2 is 2.07 bits per heavy atom. The van der Waals surface area contributed by atoms with E-state index in [4.69, 9.17) is 14.7 Å². The molecule has 29 heavy (non-hydrogen) atoms. The molecule has 4 heterocycles. The standard InChI is InChI=1S/C18H18N6O3S2/c1-19-29(25,26)15-9-14-16(28-15)18(24-5-7-27-8-6-24)22-17(21-14)11-3-2-4-13-12(11)10-20-23-13/h2-4,9-10,19H,5-8H2,1H3,(H,20,23). The van der Waals surface area contributed by atoms with Gasteiger partial charge in [-0.1, -0.05) is 12.1 Å².